The lowest BCUT2D eigenvalue weighted by molar-refractivity contribution is -0.133. The molecule has 0 radical (unpaired) electrons. The van der Waals surface area contributed by atoms with Crippen LogP contribution < -0.4 is 9.47 Å². The first-order valence-electron chi connectivity index (χ1n) is 11.4. The highest BCUT2D eigenvalue weighted by Gasteiger charge is 2.40. The molecule has 1 heterocycles. The largest absolute Gasteiger partial charge is 0.497 e. The van der Waals surface area contributed by atoms with Gasteiger partial charge in [-0.05, 0) is 52.9 Å². The molecule has 0 bridgehead atoms. The Balaban J connectivity index is 1.77. The van der Waals surface area contributed by atoms with Crippen LogP contribution in [0.3, 0.4) is 0 Å². The third-order valence-electron chi connectivity index (χ3n) is 6.30. The molecule has 0 saturated carbocycles. The maximum absolute atomic E-state index is 10.7. The van der Waals surface area contributed by atoms with Crippen LogP contribution in [-0.2, 0) is 15.1 Å². The summed E-state index contributed by atoms with van der Waals surface area (Å²) in [6.07, 6.45) is -1.07. The van der Waals surface area contributed by atoms with Crippen LogP contribution in [0.4, 0.5) is 0 Å². The number of azide groups is 1. The minimum atomic E-state index is -0.995. The molecule has 0 spiro atoms. The summed E-state index contributed by atoms with van der Waals surface area (Å²) in [5.74, 6) is 1.47. The first-order chi connectivity index (χ1) is 17.1. The number of aliphatic hydroxyl groups is 1. The van der Waals surface area contributed by atoms with E-state index in [2.05, 4.69) is 10.0 Å². The van der Waals surface area contributed by atoms with Gasteiger partial charge in [-0.2, -0.15) is 0 Å². The molecule has 4 rings (SSSR count). The Morgan fingerprint density at radius 1 is 0.914 bits per heavy atom. The summed E-state index contributed by atoms with van der Waals surface area (Å²) in [4.78, 5) is 2.83. The SMILES string of the molecule is COc1ccc(C(OC[C@H]2OC[C@@H](N=[N+]=[N-])C[C@@H]2O)(c2ccccc2)c2ccc(OC)cc2)cc1. The molecule has 8 heteroatoms. The quantitative estimate of drug-likeness (QED) is 0.206. The maximum atomic E-state index is 10.7. The lowest BCUT2D eigenvalue weighted by Crippen LogP contribution is -2.45. The van der Waals surface area contributed by atoms with Gasteiger partial charge in [0.15, 0.2) is 0 Å². The Morgan fingerprint density at radius 3 is 1.94 bits per heavy atom. The van der Waals surface area contributed by atoms with Crippen molar-refractivity contribution in [2.75, 3.05) is 27.4 Å². The second kappa shape index (κ2) is 11.3. The number of methoxy groups -OCH3 is 2. The Kier molecular flexibility index (Phi) is 7.90. The van der Waals surface area contributed by atoms with E-state index in [0.29, 0.717) is 6.42 Å². The molecule has 1 aliphatic heterocycles. The molecule has 1 aliphatic rings. The zero-order chi connectivity index (χ0) is 24.7. The van der Waals surface area contributed by atoms with Crippen molar-refractivity contribution in [2.24, 2.45) is 5.11 Å². The summed E-state index contributed by atoms with van der Waals surface area (Å²) < 4.78 is 23.4. The lowest BCUT2D eigenvalue weighted by atomic mass is 9.80. The van der Waals surface area contributed by atoms with Crippen molar-refractivity contribution in [1.29, 1.82) is 0 Å². The molecule has 0 aromatic heterocycles. The van der Waals surface area contributed by atoms with Crippen molar-refractivity contribution in [1.82, 2.24) is 0 Å². The molecular formula is C27H29N3O5. The molecule has 1 fully saturated rings. The van der Waals surface area contributed by atoms with Gasteiger partial charge in [-0.3, -0.25) is 0 Å². The van der Waals surface area contributed by atoms with Crippen LogP contribution in [-0.4, -0.2) is 50.8 Å². The van der Waals surface area contributed by atoms with E-state index < -0.39 is 23.9 Å². The van der Waals surface area contributed by atoms with Crippen LogP contribution in [0.1, 0.15) is 23.1 Å². The Hall–Kier alpha value is -3.55. The third kappa shape index (κ3) is 5.26. The van der Waals surface area contributed by atoms with Crippen molar-refractivity contribution in [3.05, 3.63) is 106 Å². The molecule has 3 atom stereocenters. The van der Waals surface area contributed by atoms with E-state index in [1.807, 2.05) is 78.9 Å². The van der Waals surface area contributed by atoms with Crippen LogP contribution in [0.5, 0.6) is 11.5 Å². The molecular weight excluding hydrogens is 446 g/mol. The molecule has 3 aromatic rings. The summed E-state index contributed by atoms with van der Waals surface area (Å²) in [7, 11) is 3.26. The van der Waals surface area contributed by atoms with Crippen molar-refractivity contribution in [2.45, 2.75) is 30.3 Å². The predicted molar refractivity (Wildman–Crippen MR) is 132 cm³/mol. The smallest absolute Gasteiger partial charge is 0.143 e. The number of hydrogen-bond donors (Lipinski definition) is 1. The zero-order valence-electron chi connectivity index (χ0n) is 19.8. The number of rotatable bonds is 9. The van der Waals surface area contributed by atoms with Gasteiger partial charge >= 0.3 is 0 Å². The first-order valence-corrected chi connectivity index (χ1v) is 11.4. The fourth-order valence-electron chi connectivity index (χ4n) is 4.44. The minimum absolute atomic E-state index is 0.122. The van der Waals surface area contributed by atoms with Gasteiger partial charge in [0, 0.05) is 4.91 Å². The van der Waals surface area contributed by atoms with Gasteiger partial charge in [-0.25, -0.2) is 0 Å². The van der Waals surface area contributed by atoms with Crippen LogP contribution >= 0.6 is 0 Å². The van der Waals surface area contributed by atoms with Crippen molar-refractivity contribution < 1.29 is 24.1 Å². The molecule has 1 N–H and O–H groups in total. The van der Waals surface area contributed by atoms with Crippen LogP contribution in [0, 0.1) is 0 Å². The number of benzene rings is 3. The predicted octanol–water partition coefficient (Wildman–Crippen LogP) is 4.84. The average Bonchev–Trinajstić information content (AvgIpc) is 2.91. The molecule has 0 aliphatic carbocycles. The molecule has 8 nitrogen and oxygen atoms in total. The van der Waals surface area contributed by atoms with E-state index in [9.17, 15) is 5.11 Å². The standard InChI is InChI=1S/C27H29N3O5/c1-32-23-12-8-20(9-13-23)27(19-6-4-3-5-7-19,21-10-14-24(33-2)15-11-21)35-18-26-25(31)16-22(17-34-26)29-30-28/h3-15,22,25-26,31H,16-18H2,1-2H3/t22-,25-,26+/m0/s1. The zero-order valence-corrected chi connectivity index (χ0v) is 19.8. The van der Waals surface area contributed by atoms with Crippen molar-refractivity contribution in [3.63, 3.8) is 0 Å². The van der Waals surface area contributed by atoms with E-state index in [4.69, 9.17) is 24.5 Å². The van der Waals surface area contributed by atoms with Gasteiger partial charge in [-0.1, -0.05) is 59.7 Å². The van der Waals surface area contributed by atoms with E-state index >= 15 is 0 Å². The third-order valence-corrected chi connectivity index (χ3v) is 6.30. The van der Waals surface area contributed by atoms with Gasteiger partial charge in [0.25, 0.3) is 0 Å². The van der Waals surface area contributed by atoms with Gasteiger partial charge in [0.1, 0.15) is 23.2 Å². The van der Waals surface area contributed by atoms with Gasteiger partial charge in [0.2, 0.25) is 0 Å². The summed E-state index contributed by atoms with van der Waals surface area (Å²) in [5, 5.41) is 14.4. The fraction of sp³-hybridized carbons (Fsp3) is 0.333. The Labute approximate surface area is 204 Å². The summed E-state index contributed by atoms with van der Waals surface area (Å²) >= 11 is 0. The van der Waals surface area contributed by atoms with Crippen LogP contribution in [0.2, 0.25) is 0 Å². The molecule has 182 valence electrons. The first kappa shape index (κ1) is 24.6. The highest BCUT2D eigenvalue weighted by atomic mass is 16.6. The number of hydrogen-bond acceptors (Lipinski definition) is 6. The summed E-state index contributed by atoms with van der Waals surface area (Å²) in [6, 6.07) is 25.0. The summed E-state index contributed by atoms with van der Waals surface area (Å²) in [5.41, 5.74) is 10.4. The molecule has 35 heavy (non-hydrogen) atoms. The lowest BCUT2D eigenvalue weighted by Gasteiger charge is -2.39. The van der Waals surface area contributed by atoms with Crippen molar-refractivity contribution >= 4 is 0 Å². The number of nitrogens with zero attached hydrogens (tertiary/aromatic N) is 3. The van der Waals surface area contributed by atoms with E-state index in [-0.39, 0.29) is 13.2 Å². The average molecular weight is 476 g/mol. The molecule has 0 unspecified atom stereocenters. The van der Waals surface area contributed by atoms with Crippen LogP contribution in [0.25, 0.3) is 10.4 Å². The Bertz CT molecular complexity index is 1080. The van der Waals surface area contributed by atoms with E-state index in [0.717, 1.165) is 28.2 Å². The van der Waals surface area contributed by atoms with E-state index in [1.54, 1.807) is 14.2 Å². The normalized spacial score (nSPS) is 20.0. The van der Waals surface area contributed by atoms with E-state index in [1.165, 1.54) is 0 Å². The van der Waals surface area contributed by atoms with Crippen molar-refractivity contribution in [3.8, 4) is 11.5 Å². The molecule has 0 amide bonds. The van der Waals surface area contributed by atoms with Gasteiger partial charge < -0.3 is 24.1 Å². The van der Waals surface area contributed by atoms with Crippen LogP contribution in [0.15, 0.2) is 84.0 Å². The topological polar surface area (TPSA) is 106 Å². The fourth-order valence-corrected chi connectivity index (χ4v) is 4.44. The highest BCUT2D eigenvalue weighted by molar-refractivity contribution is 5.49. The van der Waals surface area contributed by atoms with Gasteiger partial charge in [-0.15, -0.1) is 0 Å². The Morgan fingerprint density at radius 2 is 1.46 bits per heavy atom. The minimum Gasteiger partial charge on any atom is -0.497 e. The maximum Gasteiger partial charge on any atom is 0.143 e. The molecule has 3 aromatic carbocycles. The second-order valence-corrected chi connectivity index (χ2v) is 8.35. The number of aliphatic hydroxyl groups excluding tert-OH is 1. The monoisotopic (exact) mass is 475 g/mol. The number of ether oxygens (including phenoxy) is 4. The van der Waals surface area contributed by atoms with Gasteiger partial charge in [0.05, 0.1) is 39.6 Å². The highest BCUT2D eigenvalue weighted by Crippen LogP contribution is 2.42. The molecule has 1 saturated heterocycles. The second-order valence-electron chi connectivity index (χ2n) is 8.35. The summed E-state index contributed by atoms with van der Waals surface area (Å²) in [6.45, 7) is 0.357.